The predicted molar refractivity (Wildman–Crippen MR) is 118 cm³/mol. The van der Waals surface area contributed by atoms with Gasteiger partial charge in [0, 0.05) is 42.3 Å². The van der Waals surface area contributed by atoms with Crippen molar-refractivity contribution in [1.29, 1.82) is 0 Å². The number of carbonyl (C=O) groups is 1. The van der Waals surface area contributed by atoms with E-state index in [9.17, 15) is 9.59 Å². The van der Waals surface area contributed by atoms with Crippen molar-refractivity contribution in [2.24, 2.45) is 0 Å². The highest BCUT2D eigenvalue weighted by Crippen LogP contribution is 2.35. The maximum atomic E-state index is 13.1. The van der Waals surface area contributed by atoms with E-state index in [4.69, 9.17) is 0 Å². The van der Waals surface area contributed by atoms with Gasteiger partial charge in [0.15, 0.2) is 0 Å². The molecule has 0 atom stereocenters. The third-order valence-electron chi connectivity index (χ3n) is 5.00. The van der Waals surface area contributed by atoms with Gasteiger partial charge in [0.2, 0.25) is 0 Å². The highest BCUT2D eigenvalue weighted by molar-refractivity contribution is 7.16. The normalized spacial score (nSPS) is 11.1. The number of nitrogens with one attached hydrogen (secondary N) is 2. The molecular weight excluding hydrogens is 372 g/mol. The Bertz CT molecular complexity index is 899. The monoisotopic (exact) mass is 404 g/mol. The quantitative estimate of drug-likeness (QED) is 0.710. The van der Waals surface area contributed by atoms with Gasteiger partial charge in [0.05, 0.1) is 5.56 Å². The van der Waals surface area contributed by atoms with Crippen LogP contribution < -0.4 is 15.8 Å². The number of carbonyl (C=O) groups excluding carboxylic acids is 1. The van der Waals surface area contributed by atoms with Crippen molar-refractivity contribution < 1.29 is 4.79 Å². The fourth-order valence-corrected chi connectivity index (χ4v) is 4.42. The van der Waals surface area contributed by atoms with Crippen molar-refractivity contribution in [2.75, 3.05) is 38.6 Å². The molecule has 2 N–H and O–H groups in total. The van der Waals surface area contributed by atoms with Gasteiger partial charge in [-0.2, -0.15) is 0 Å². The molecule has 6 nitrogen and oxygen atoms in total. The molecule has 1 amide bonds. The summed E-state index contributed by atoms with van der Waals surface area (Å²) in [4.78, 5) is 33.6. The van der Waals surface area contributed by atoms with E-state index in [0.717, 1.165) is 51.9 Å². The standard InChI is InChI=1S/C21H32N4O2S/c1-8-25(10-9-24(6)7)21-18(15(4)16(5)28-21)20(27)22-12-17-13(2)11-14(3)23-19(17)26/h11H,8-10,12H2,1-7H3,(H,22,27)(H,23,26). The van der Waals surface area contributed by atoms with Gasteiger partial charge in [-0.15, -0.1) is 11.3 Å². The Balaban J connectivity index is 2.27. The third kappa shape index (κ3) is 5.02. The predicted octanol–water partition coefficient (Wildman–Crippen LogP) is 2.99. The van der Waals surface area contributed by atoms with Crippen LogP contribution in [0, 0.1) is 27.7 Å². The first-order chi connectivity index (χ1) is 13.1. The molecule has 0 saturated carbocycles. The van der Waals surface area contributed by atoms with Crippen molar-refractivity contribution in [3.63, 3.8) is 0 Å². The molecule has 0 radical (unpaired) electrons. The Morgan fingerprint density at radius 3 is 2.43 bits per heavy atom. The zero-order valence-electron chi connectivity index (χ0n) is 18.0. The van der Waals surface area contributed by atoms with Crippen molar-refractivity contribution in [3.8, 4) is 0 Å². The van der Waals surface area contributed by atoms with E-state index in [2.05, 4.69) is 33.9 Å². The number of pyridine rings is 1. The molecule has 7 heteroatoms. The van der Waals surface area contributed by atoms with Gasteiger partial charge >= 0.3 is 0 Å². The topological polar surface area (TPSA) is 68.4 Å². The maximum absolute atomic E-state index is 13.1. The average Bonchev–Trinajstić information content (AvgIpc) is 2.89. The van der Waals surface area contributed by atoms with Crippen LogP contribution in [0.4, 0.5) is 5.00 Å². The lowest BCUT2D eigenvalue weighted by atomic mass is 10.1. The summed E-state index contributed by atoms with van der Waals surface area (Å²) in [6.45, 7) is 12.7. The minimum Gasteiger partial charge on any atom is -0.362 e. The van der Waals surface area contributed by atoms with Crippen molar-refractivity contribution in [3.05, 3.63) is 49.2 Å². The molecule has 0 fully saturated rings. The summed E-state index contributed by atoms with van der Waals surface area (Å²) in [6, 6.07) is 1.92. The van der Waals surface area contributed by atoms with Gasteiger partial charge in [0.1, 0.15) is 5.00 Å². The van der Waals surface area contributed by atoms with Gasteiger partial charge in [-0.05, 0) is 65.9 Å². The molecule has 0 aromatic carbocycles. The third-order valence-corrected chi connectivity index (χ3v) is 6.27. The number of H-pyrrole nitrogens is 1. The van der Waals surface area contributed by atoms with Crippen LogP contribution >= 0.6 is 11.3 Å². The Hall–Kier alpha value is -2.12. The van der Waals surface area contributed by atoms with Crippen LogP contribution in [0.2, 0.25) is 0 Å². The lowest BCUT2D eigenvalue weighted by Crippen LogP contribution is -2.33. The van der Waals surface area contributed by atoms with Crippen LogP contribution in [0.25, 0.3) is 0 Å². The number of rotatable bonds is 8. The molecule has 2 rings (SSSR count). The minimum absolute atomic E-state index is 0.125. The largest absolute Gasteiger partial charge is 0.362 e. The van der Waals surface area contributed by atoms with Gasteiger partial charge in [-0.3, -0.25) is 9.59 Å². The Morgan fingerprint density at radius 2 is 1.86 bits per heavy atom. The molecule has 0 unspecified atom stereocenters. The highest BCUT2D eigenvalue weighted by atomic mass is 32.1. The van der Waals surface area contributed by atoms with E-state index >= 15 is 0 Å². The SMILES string of the molecule is CCN(CCN(C)C)c1sc(C)c(C)c1C(=O)NCc1c(C)cc(C)[nH]c1=O. The fourth-order valence-electron chi connectivity index (χ4n) is 3.18. The molecule has 0 aliphatic rings. The lowest BCUT2D eigenvalue weighted by Gasteiger charge is -2.24. The molecule has 154 valence electrons. The number of hydrogen-bond donors (Lipinski definition) is 2. The fraction of sp³-hybridized carbons (Fsp3) is 0.524. The van der Waals surface area contributed by atoms with E-state index in [1.807, 2.05) is 40.9 Å². The number of aromatic amines is 1. The van der Waals surface area contributed by atoms with E-state index in [-0.39, 0.29) is 18.0 Å². The highest BCUT2D eigenvalue weighted by Gasteiger charge is 2.23. The number of nitrogens with zero attached hydrogens (tertiary/aromatic N) is 2. The molecule has 28 heavy (non-hydrogen) atoms. The molecule has 0 saturated heterocycles. The van der Waals surface area contributed by atoms with Gasteiger partial charge in [0.25, 0.3) is 11.5 Å². The first-order valence-electron chi connectivity index (χ1n) is 9.62. The molecule has 2 heterocycles. The van der Waals surface area contributed by atoms with Crippen LogP contribution in [0.3, 0.4) is 0 Å². The molecular formula is C21H32N4O2S. The molecule has 0 aliphatic heterocycles. The van der Waals surface area contributed by atoms with E-state index < -0.39 is 0 Å². The van der Waals surface area contributed by atoms with E-state index in [1.54, 1.807) is 11.3 Å². The second kappa shape index (κ2) is 9.39. The maximum Gasteiger partial charge on any atom is 0.254 e. The number of amides is 1. The van der Waals surface area contributed by atoms with E-state index in [1.165, 1.54) is 0 Å². The smallest absolute Gasteiger partial charge is 0.254 e. The zero-order valence-corrected chi connectivity index (χ0v) is 18.8. The Kier molecular flexibility index (Phi) is 7.43. The Morgan fingerprint density at radius 1 is 1.18 bits per heavy atom. The minimum atomic E-state index is -0.141. The zero-order chi connectivity index (χ0) is 21.0. The average molecular weight is 405 g/mol. The van der Waals surface area contributed by atoms with Gasteiger partial charge in [-0.1, -0.05) is 0 Å². The number of likely N-dealkylation sites (N-methyl/N-ethyl adjacent to an activating group) is 2. The van der Waals surface area contributed by atoms with Crippen LogP contribution in [-0.2, 0) is 6.54 Å². The van der Waals surface area contributed by atoms with Gasteiger partial charge < -0.3 is 20.1 Å². The Labute approximate surface area is 171 Å². The van der Waals surface area contributed by atoms with Crippen LogP contribution in [0.15, 0.2) is 10.9 Å². The summed E-state index contributed by atoms with van der Waals surface area (Å²) in [7, 11) is 4.10. The van der Waals surface area contributed by atoms with Crippen LogP contribution in [-0.4, -0.2) is 49.5 Å². The molecule has 0 bridgehead atoms. The molecule has 0 aliphatic carbocycles. The summed E-state index contributed by atoms with van der Waals surface area (Å²) in [5.74, 6) is -0.125. The molecule has 2 aromatic rings. The lowest BCUT2D eigenvalue weighted by molar-refractivity contribution is 0.0951. The van der Waals surface area contributed by atoms with Crippen molar-refractivity contribution >= 4 is 22.2 Å². The van der Waals surface area contributed by atoms with Crippen molar-refractivity contribution in [1.82, 2.24) is 15.2 Å². The molecule has 2 aromatic heterocycles. The second-order valence-electron chi connectivity index (χ2n) is 7.47. The summed E-state index contributed by atoms with van der Waals surface area (Å²) >= 11 is 1.66. The van der Waals surface area contributed by atoms with Crippen molar-refractivity contribution in [2.45, 2.75) is 41.2 Å². The summed E-state index contributed by atoms with van der Waals surface area (Å²) in [5.41, 5.74) is 3.91. The number of aryl methyl sites for hydroxylation is 3. The number of thiophene rings is 1. The first-order valence-corrected chi connectivity index (χ1v) is 10.4. The van der Waals surface area contributed by atoms with Gasteiger partial charge in [-0.25, -0.2) is 0 Å². The first kappa shape index (κ1) is 22.2. The number of anilines is 1. The van der Waals surface area contributed by atoms with Crippen LogP contribution in [0.1, 0.15) is 44.5 Å². The number of hydrogen-bond acceptors (Lipinski definition) is 5. The summed E-state index contributed by atoms with van der Waals surface area (Å²) < 4.78 is 0. The summed E-state index contributed by atoms with van der Waals surface area (Å²) in [6.07, 6.45) is 0. The molecule has 0 spiro atoms. The van der Waals surface area contributed by atoms with Crippen LogP contribution in [0.5, 0.6) is 0 Å². The number of aromatic nitrogens is 1. The van der Waals surface area contributed by atoms with E-state index in [0.29, 0.717) is 5.56 Å². The summed E-state index contributed by atoms with van der Waals surface area (Å²) in [5, 5.41) is 3.97. The second-order valence-corrected chi connectivity index (χ2v) is 8.68.